The largest absolute Gasteiger partial charge is 0.454 e. The molecule has 0 N–H and O–H groups in total. The zero-order chi connectivity index (χ0) is 10.4. The van der Waals surface area contributed by atoms with E-state index in [1.54, 1.807) is 0 Å². The van der Waals surface area contributed by atoms with Crippen LogP contribution >= 0.6 is 0 Å². The normalized spacial score (nSPS) is 11.9. The summed E-state index contributed by atoms with van der Waals surface area (Å²) in [6.07, 6.45) is 2.27. The van der Waals surface area contributed by atoms with Crippen LogP contribution in [-0.2, 0) is 6.42 Å². The van der Waals surface area contributed by atoms with Crippen LogP contribution in [0.25, 0.3) is 0 Å². The van der Waals surface area contributed by atoms with Crippen molar-refractivity contribution in [3.8, 4) is 11.5 Å². The molecule has 0 radical (unpaired) electrons. The van der Waals surface area contributed by atoms with Crippen molar-refractivity contribution >= 4 is 0 Å². The van der Waals surface area contributed by atoms with E-state index >= 15 is 0 Å². The first-order chi connectivity index (χ1) is 6.90. The van der Waals surface area contributed by atoms with Gasteiger partial charge in [-0.15, -0.1) is 0 Å². The molecule has 0 unspecified atom stereocenters. The van der Waals surface area contributed by atoms with E-state index in [-0.39, 0.29) is 0 Å². The Morgan fingerprint density at radius 3 is 2.57 bits per heavy atom. The van der Waals surface area contributed by atoms with E-state index in [1.165, 1.54) is 12.0 Å². The van der Waals surface area contributed by atoms with Gasteiger partial charge in [0.15, 0.2) is 11.5 Å². The predicted molar refractivity (Wildman–Crippen MR) is 57.9 cm³/mol. The molecule has 0 aliphatic carbocycles. The summed E-state index contributed by atoms with van der Waals surface area (Å²) in [6, 6.07) is 6.14. The highest BCUT2D eigenvalue weighted by atomic mass is 16.7. The minimum Gasteiger partial charge on any atom is -0.454 e. The van der Waals surface area contributed by atoms with Crippen LogP contribution in [-0.4, -0.2) is 6.79 Å². The lowest BCUT2D eigenvalue weighted by Gasteiger charge is -1.99. The van der Waals surface area contributed by atoms with E-state index in [0.717, 1.165) is 17.9 Å². The minimum atomic E-state index is 0.366. The van der Waals surface area contributed by atoms with Crippen LogP contribution in [0.15, 0.2) is 18.2 Å². The van der Waals surface area contributed by atoms with Gasteiger partial charge in [0.05, 0.1) is 0 Å². The lowest BCUT2D eigenvalue weighted by atomic mass is 10.1. The van der Waals surface area contributed by atoms with Gasteiger partial charge in [-0.2, -0.15) is 0 Å². The fraction of sp³-hybridized carbons (Fsp3) is 0.500. The fourth-order valence-electron chi connectivity index (χ4n) is 1.39. The lowest BCUT2D eigenvalue weighted by Crippen LogP contribution is -1.92. The van der Waals surface area contributed by atoms with Gasteiger partial charge in [-0.1, -0.05) is 33.3 Å². The lowest BCUT2D eigenvalue weighted by molar-refractivity contribution is 0.174. The molecule has 1 aromatic rings. The zero-order valence-electron chi connectivity index (χ0n) is 9.17. The minimum absolute atomic E-state index is 0.366. The smallest absolute Gasteiger partial charge is 0.231 e. The predicted octanol–water partition coefficient (Wildman–Crippen LogP) is 3.39. The second-order valence-corrected chi connectivity index (χ2v) is 2.94. The summed E-state index contributed by atoms with van der Waals surface area (Å²) in [5.41, 5.74) is 1.32. The molecular formula is C12H18O2. The van der Waals surface area contributed by atoms with Crippen molar-refractivity contribution in [2.24, 2.45) is 0 Å². The average molecular weight is 194 g/mol. The maximum absolute atomic E-state index is 5.26. The molecule has 0 aromatic heterocycles. The van der Waals surface area contributed by atoms with Crippen LogP contribution in [0.2, 0.25) is 0 Å². The van der Waals surface area contributed by atoms with Crippen molar-refractivity contribution in [1.82, 2.24) is 0 Å². The highest BCUT2D eigenvalue weighted by Gasteiger charge is 2.12. The molecule has 1 heterocycles. The van der Waals surface area contributed by atoms with Gasteiger partial charge in [-0.25, -0.2) is 0 Å². The fourth-order valence-corrected chi connectivity index (χ4v) is 1.39. The molecule has 2 rings (SSSR count). The average Bonchev–Trinajstić information content (AvgIpc) is 2.68. The van der Waals surface area contributed by atoms with E-state index in [2.05, 4.69) is 19.1 Å². The van der Waals surface area contributed by atoms with Gasteiger partial charge in [0.25, 0.3) is 0 Å². The summed E-state index contributed by atoms with van der Waals surface area (Å²) >= 11 is 0. The Balaban J connectivity index is 0.000000461. The molecule has 0 saturated carbocycles. The molecule has 0 fully saturated rings. The van der Waals surface area contributed by atoms with Crippen LogP contribution < -0.4 is 9.47 Å². The third-order valence-electron chi connectivity index (χ3n) is 1.98. The van der Waals surface area contributed by atoms with Gasteiger partial charge in [0.2, 0.25) is 6.79 Å². The van der Waals surface area contributed by atoms with Gasteiger partial charge in [-0.05, 0) is 24.1 Å². The standard InChI is InChI=1S/C10H12O2.C2H6/c1-2-3-8-4-5-9-10(6-8)12-7-11-9;1-2/h4-6H,2-3,7H2,1H3;1-2H3. The quantitative estimate of drug-likeness (QED) is 0.718. The third kappa shape index (κ3) is 2.41. The summed E-state index contributed by atoms with van der Waals surface area (Å²) in [4.78, 5) is 0. The van der Waals surface area contributed by atoms with E-state index in [4.69, 9.17) is 9.47 Å². The van der Waals surface area contributed by atoms with E-state index in [0.29, 0.717) is 6.79 Å². The van der Waals surface area contributed by atoms with Gasteiger partial charge >= 0.3 is 0 Å². The molecule has 0 bridgehead atoms. The summed E-state index contributed by atoms with van der Waals surface area (Å²) in [6.45, 7) is 6.54. The maximum Gasteiger partial charge on any atom is 0.231 e. The Hall–Kier alpha value is -1.18. The molecule has 2 heteroatoms. The van der Waals surface area contributed by atoms with Crippen molar-refractivity contribution in [2.45, 2.75) is 33.6 Å². The summed E-state index contributed by atoms with van der Waals surface area (Å²) < 4.78 is 10.5. The van der Waals surface area contributed by atoms with Crippen LogP contribution in [0, 0.1) is 0 Å². The first-order valence-corrected chi connectivity index (χ1v) is 5.28. The zero-order valence-corrected chi connectivity index (χ0v) is 9.17. The highest BCUT2D eigenvalue weighted by Crippen LogP contribution is 2.32. The molecule has 78 valence electrons. The second kappa shape index (κ2) is 5.53. The molecule has 0 saturated heterocycles. The number of rotatable bonds is 2. The van der Waals surface area contributed by atoms with Gasteiger partial charge < -0.3 is 9.47 Å². The molecule has 1 aliphatic rings. The number of aryl methyl sites for hydroxylation is 1. The first kappa shape index (κ1) is 10.9. The van der Waals surface area contributed by atoms with Crippen molar-refractivity contribution in [3.63, 3.8) is 0 Å². The Kier molecular flexibility index (Phi) is 4.30. The topological polar surface area (TPSA) is 18.5 Å². The highest BCUT2D eigenvalue weighted by molar-refractivity contribution is 5.44. The van der Waals surface area contributed by atoms with Crippen molar-refractivity contribution in [1.29, 1.82) is 0 Å². The number of hydrogen-bond donors (Lipinski definition) is 0. The Morgan fingerprint density at radius 2 is 1.86 bits per heavy atom. The Bertz CT molecular complexity index is 282. The van der Waals surface area contributed by atoms with Crippen LogP contribution in [0.1, 0.15) is 32.8 Å². The molecule has 0 atom stereocenters. The van der Waals surface area contributed by atoms with Crippen LogP contribution in [0.3, 0.4) is 0 Å². The number of fused-ring (bicyclic) bond motifs is 1. The van der Waals surface area contributed by atoms with Gasteiger partial charge in [0.1, 0.15) is 0 Å². The third-order valence-corrected chi connectivity index (χ3v) is 1.98. The second-order valence-electron chi connectivity index (χ2n) is 2.94. The number of ether oxygens (including phenoxy) is 2. The molecule has 0 amide bonds. The first-order valence-electron chi connectivity index (χ1n) is 5.28. The van der Waals surface area contributed by atoms with Gasteiger partial charge in [0, 0.05) is 0 Å². The number of hydrogen-bond acceptors (Lipinski definition) is 2. The van der Waals surface area contributed by atoms with Crippen molar-refractivity contribution < 1.29 is 9.47 Å². The van der Waals surface area contributed by atoms with Crippen LogP contribution in [0.5, 0.6) is 11.5 Å². The van der Waals surface area contributed by atoms with Crippen molar-refractivity contribution in [2.75, 3.05) is 6.79 Å². The summed E-state index contributed by atoms with van der Waals surface area (Å²) in [5.74, 6) is 1.76. The monoisotopic (exact) mass is 194 g/mol. The molecule has 14 heavy (non-hydrogen) atoms. The SMILES string of the molecule is CC.CCCc1ccc2c(c1)OCO2. The molecule has 2 nitrogen and oxygen atoms in total. The van der Waals surface area contributed by atoms with E-state index in [9.17, 15) is 0 Å². The van der Waals surface area contributed by atoms with E-state index in [1.807, 2.05) is 19.9 Å². The molecule has 1 aliphatic heterocycles. The van der Waals surface area contributed by atoms with Crippen LogP contribution in [0.4, 0.5) is 0 Å². The van der Waals surface area contributed by atoms with Gasteiger partial charge in [-0.3, -0.25) is 0 Å². The molecule has 1 aromatic carbocycles. The summed E-state index contributed by atoms with van der Waals surface area (Å²) in [7, 11) is 0. The summed E-state index contributed by atoms with van der Waals surface area (Å²) in [5, 5.41) is 0. The Morgan fingerprint density at radius 1 is 1.14 bits per heavy atom. The molecular weight excluding hydrogens is 176 g/mol. The number of benzene rings is 1. The Labute approximate surface area is 85.8 Å². The van der Waals surface area contributed by atoms with E-state index < -0.39 is 0 Å². The van der Waals surface area contributed by atoms with Crippen molar-refractivity contribution in [3.05, 3.63) is 23.8 Å². The maximum atomic E-state index is 5.26. The molecule has 0 spiro atoms.